The summed E-state index contributed by atoms with van der Waals surface area (Å²) in [4.78, 5) is 24.3. The Kier molecular flexibility index (Phi) is 4.53. The van der Waals surface area contributed by atoms with Crippen LogP contribution in [0.25, 0.3) is 0 Å². The number of nitrogen functional groups attached to an aromatic ring is 1. The summed E-state index contributed by atoms with van der Waals surface area (Å²) in [5.41, 5.74) is 6.20. The summed E-state index contributed by atoms with van der Waals surface area (Å²) in [5, 5.41) is 0. The van der Waals surface area contributed by atoms with Crippen molar-refractivity contribution in [2.75, 3.05) is 33.5 Å². The highest BCUT2D eigenvalue weighted by atomic mass is 16.5. The fraction of sp³-hybridized carbons (Fsp3) is 0.333. The first-order valence-corrected chi connectivity index (χ1v) is 5.26. The quantitative estimate of drug-likeness (QED) is 0.624. The molecule has 1 aromatic rings. The number of hydrogen-bond donors (Lipinski definition) is 1. The predicted octanol–water partition coefficient (Wildman–Crippen LogP) is 0.522. The van der Waals surface area contributed by atoms with Crippen molar-refractivity contribution in [3.05, 3.63) is 23.8 Å². The van der Waals surface area contributed by atoms with Crippen molar-refractivity contribution >= 4 is 17.6 Å². The number of rotatable bonds is 4. The molecule has 0 saturated carbocycles. The molecule has 0 spiro atoms. The summed E-state index contributed by atoms with van der Waals surface area (Å²) < 4.78 is 9.91. The third kappa shape index (κ3) is 3.38. The SMILES string of the molecule is COC(=O)c1cc(N)ccc1OCC(=O)N(C)C. The molecule has 1 aromatic carbocycles. The molecule has 1 amide bonds. The van der Waals surface area contributed by atoms with Crippen LogP contribution in [-0.2, 0) is 9.53 Å². The van der Waals surface area contributed by atoms with E-state index in [-0.39, 0.29) is 23.8 Å². The Morgan fingerprint density at radius 1 is 1.33 bits per heavy atom. The lowest BCUT2D eigenvalue weighted by Gasteiger charge is -2.13. The topological polar surface area (TPSA) is 81.9 Å². The van der Waals surface area contributed by atoms with E-state index in [4.69, 9.17) is 10.5 Å². The van der Waals surface area contributed by atoms with Crippen LogP contribution in [0, 0.1) is 0 Å². The van der Waals surface area contributed by atoms with E-state index in [2.05, 4.69) is 4.74 Å². The van der Waals surface area contributed by atoms with Crippen LogP contribution >= 0.6 is 0 Å². The first kappa shape index (κ1) is 13.8. The zero-order valence-corrected chi connectivity index (χ0v) is 10.6. The summed E-state index contributed by atoms with van der Waals surface area (Å²) >= 11 is 0. The van der Waals surface area contributed by atoms with E-state index in [0.717, 1.165) is 0 Å². The van der Waals surface area contributed by atoms with E-state index in [1.165, 1.54) is 24.1 Å². The van der Waals surface area contributed by atoms with Gasteiger partial charge in [-0.1, -0.05) is 0 Å². The highest BCUT2D eigenvalue weighted by molar-refractivity contribution is 5.93. The monoisotopic (exact) mass is 252 g/mol. The number of likely N-dealkylation sites (N-methyl/N-ethyl adjacent to an activating group) is 1. The van der Waals surface area contributed by atoms with Gasteiger partial charge in [-0.3, -0.25) is 4.79 Å². The molecule has 98 valence electrons. The van der Waals surface area contributed by atoms with Crippen molar-refractivity contribution < 1.29 is 19.1 Å². The molecule has 6 nitrogen and oxygen atoms in total. The molecule has 6 heteroatoms. The third-order valence-electron chi connectivity index (χ3n) is 2.26. The van der Waals surface area contributed by atoms with Crippen molar-refractivity contribution in [2.45, 2.75) is 0 Å². The van der Waals surface area contributed by atoms with Gasteiger partial charge >= 0.3 is 5.97 Å². The van der Waals surface area contributed by atoms with Crippen LogP contribution in [0.15, 0.2) is 18.2 Å². The number of methoxy groups -OCH3 is 1. The van der Waals surface area contributed by atoms with Gasteiger partial charge in [-0.05, 0) is 18.2 Å². The molecule has 0 bridgehead atoms. The minimum absolute atomic E-state index is 0.152. The number of amides is 1. The first-order chi connectivity index (χ1) is 8.45. The molecule has 0 aliphatic heterocycles. The largest absolute Gasteiger partial charge is 0.483 e. The number of benzene rings is 1. The molecule has 0 saturated heterocycles. The minimum atomic E-state index is -0.561. The maximum Gasteiger partial charge on any atom is 0.341 e. The average molecular weight is 252 g/mol. The number of nitrogens with zero attached hydrogens (tertiary/aromatic N) is 1. The molecule has 18 heavy (non-hydrogen) atoms. The lowest BCUT2D eigenvalue weighted by molar-refractivity contribution is -0.130. The number of hydrogen-bond acceptors (Lipinski definition) is 5. The Morgan fingerprint density at radius 2 is 2.00 bits per heavy atom. The lowest BCUT2D eigenvalue weighted by Crippen LogP contribution is -2.27. The molecule has 0 fully saturated rings. The van der Waals surface area contributed by atoms with Gasteiger partial charge in [0.25, 0.3) is 5.91 Å². The fourth-order valence-electron chi connectivity index (χ4n) is 1.21. The number of esters is 1. The van der Waals surface area contributed by atoms with E-state index < -0.39 is 5.97 Å². The molecule has 0 aliphatic rings. The van der Waals surface area contributed by atoms with Gasteiger partial charge in [-0.15, -0.1) is 0 Å². The molecule has 0 radical (unpaired) electrons. The second-order valence-electron chi connectivity index (χ2n) is 3.82. The summed E-state index contributed by atoms with van der Waals surface area (Å²) in [7, 11) is 4.51. The summed E-state index contributed by atoms with van der Waals surface area (Å²) in [6.45, 7) is -0.152. The minimum Gasteiger partial charge on any atom is -0.483 e. The molecule has 0 unspecified atom stereocenters. The van der Waals surface area contributed by atoms with E-state index in [9.17, 15) is 9.59 Å². The first-order valence-electron chi connectivity index (χ1n) is 5.26. The normalized spacial score (nSPS) is 9.72. The summed E-state index contributed by atoms with van der Waals surface area (Å²) in [5.74, 6) is -0.497. The van der Waals surface area contributed by atoms with Gasteiger partial charge in [0.2, 0.25) is 0 Å². The second-order valence-corrected chi connectivity index (χ2v) is 3.82. The van der Waals surface area contributed by atoms with Crippen molar-refractivity contribution in [2.24, 2.45) is 0 Å². The lowest BCUT2D eigenvalue weighted by atomic mass is 10.2. The number of ether oxygens (including phenoxy) is 2. The number of anilines is 1. The van der Waals surface area contributed by atoms with Crippen molar-refractivity contribution in [3.63, 3.8) is 0 Å². The van der Waals surface area contributed by atoms with Gasteiger partial charge in [0.05, 0.1) is 7.11 Å². The number of nitrogens with two attached hydrogens (primary N) is 1. The van der Waals surface area contributed by atoms with E-state index in [0.29, 0.717) is 5.69 Å². The van der Waals surface area contributed by atoms with Crippen LogP contribution in [-0.4, -0.2) is 44.6 Å². The fourth-order valence-corrected chi connectivity index (χ4v) is 1.21. The molecule has 0 heterocycles. The Bertz CT molecular complexity index is 457. The van der Waals surface area contributed by atoms with Gasteiger partial charge < -0.3 is 20.1 Å². The summed E-state index contributed by atoms with van der Waals surface area (Å²) in [6, 6.07) is 4.56. The summed E-state index contributed by atoms with van der Waals surface area (Å²) in [6.07, 6.45) is 0. The van der Waals surface area contributed by atoms with E-state index in [1.54, 1.807) is 20.2 Å². The molecule has 0 aromatic heterocycles. The highest BCUT2D eigenvalue weighted by Crippen LogP contribution is 2.22. The molecular formula is C12H16N2O4. The molecular weight excluding hydrogens is 236 g/mol. The Morgan fingerprint density at radius 3 is 2.56 bits per heavy atom. The van der Waals surface area contributed by atoms with Crippen LogP contribution in [0.3, 0.4) is 0 Å². The molecule has 2 N–H and O–H groups in total. The Labute approximate surface area is 105 Å². The van der Waals surface area contributed by atoms with Crippen LogP contribution in [0.4, 0.5) is 5.69 Å². The van der Waals surface area contributed by atoms with Crippen molar-refractivity contribution in [1.82, 2.24) is 4.90 Å². The molecule has 0 aliphatic carbocycles. The van der Waals surface area contributed by atoms with E-state index in [1.807, 2.05) is 0 Å². The van der Waals surface area contributed by atoms with Gasteiger partial charge in [-0.2, -0.15) is 0 Å². The Hall–Kier alpha value is -2.24. The average Bonchev–Trinajstić information content (AvgIpc) is 2.35. The highest BCUT2D eigenvalue weighted by Gasteiger charge is 2.15. The third-order valence-corrected chi connectivity index (χ3v) is 2.26. The predicted molar refractivity (Wildman–Crippen MR) is 66.4 cm³/mol. The zero-order valence-electron chi connectivity index (χ0n) is 10.6. The van der Waals surface area contributed by atoms with Crippen LogP contribution in [0.5, 0.6) is 5.75 Å². The van der Waals surface area contributed by atoms with Crippen molar-refractivity contribution in [1.29, 1.82) is 0 Å². The Balaban J connectivity index is 2.88. The van der Waals surface area contributed by atoms with Gasteiger partial charge in [0.15, 0.2) is 6.61 Å². The van der Waals surface area contributed by atoms with Gasteiger partial charge in [0.1, 0.15) is 11.3 Å². The van der Waals surface area contributed by atoms with Crippen LogP contribution < -0.4 is 10.5 Å². The maximum absolute atomic E-state index is 11.5. The van der Waals surface area contributed by atoms with Crippen molar-refractivity contribution in [3.8, 4) is 5.75 Å². The maximum atomic E-state index is 11.5. The molecule has 1 rings (SSSR count). The zero-order chi connectivity index (χ0) is 13.7. The van der Waals surface area contributed by atoms with Gasteiger partial charge in [0, 0.05) is 19.8 Å². The smallest absolute Gasteiger partial charge is 0.341 e. The van der Waals surface area contributed by atoms with Crippen LogP contribution in [0.1, 0.15) is 10.4 Å². The number of carbonyl (C=O) groups is 2. The number of carbonyl (C=O) groups excluding carboxylic acids is 2. The molecule has 0 atom stereocenters. The van der Waals surface area contributed by atoms with E-state index >= 15 is 0 Å². The van der Waals surface area contributed by atoms with Gasteiger partial charge in [-0.25, -0.2) is 4.79 Å². The van der Waals surface area contributed by atoms with Crippen LogP contribution in [0.2, 0.25) is 0 Å². The second kappa shape index (κ2) is 5.90. The standard InChI is InChI=1S/C12H16N2O4/c1-14(2)11(15)7-18-10-5-4-8(13)6-9(10)12(16)17-3/h4-6H,7,13H2,1-3H3.